The highest BCUT2D eigenvalue weighted by Gasteiger charge is 2.43. The van der Waals surface area contributed by atoms with Crippen LogP contribution in [0.2, 0.25) is 0 Å². The van der Waals surface area contributed by atoms with Gasteiger partial charge in [0, 0.05) is 12.2 Å². The van der Waals surface area contributed by atoms with Gasteiger partial charge in [-0.3, -0.25) is 9.59 Å². The minimum Gasteiger partial charge on any atom is -0.469 e. The van der Waals surface area contributed by atoms with Crippen molar-refractivity contribution in [3.63, 3.8) is 0 Å². The van der Waals surface area contributed by atoms with E-state index in [4.69, 9.17) is 0 Å². The average Bonchev–Trinajstić information content (AvgIpc) is 2.56. The van der Waals surface area contributed by atoms with Crippen molar-refractivity contribution in [2.45, 2.75) is 25.7 Å². The number of methoxy groups -OCH3 is 1. The highest BCUT2D eigenvalue weighted by Crippen LogP contribution is 2.41. The highest BCUT2D eigenvalue weighted by atomic mass is 16.5. The van der Waals surface area contributed by atoms with Crippen molar-refractivity contribution >= 4 is 17.6 Å². The normalized spacial score (nSPS) is 16.6. The Balaban J connectivity index is 2.27. The molecule has 0 spiro atoms. The molecule has 0 atom stereocenters. The van der Waals surface area contributed by atoms with Crippen molar-refractivity contribution in [2.24, 2.45) is 0 Å². The lowest BCUT2D eigenvalue weighted by Gasteiger charge is -2.19. The van der Waals surface area contributed by atoms with Gasteiger partial charge in [-0.25, -0.2) is 0 Å². The monoisotopic (exact) mass is 247 g/mol. The van der Waals surface area contributed by atoms with Crippen molar-refractivity contribution in [3.8, 4) is 0 Å². The molecule has 0 N–H and O–H groups in total. The molecule has 2 rings (SSSR count). The van der Waals surface area contributed by atoms with Gasteiger partial charge in [-0.1, -0.05) is 18.2 Å². The van der Waals surface area contributed by atoms with Crippen LogP contribution in [0.1, 0.15) is 25.8 Å². The first-order chi connectivity index (χ1) is 8.48. The average molecular weight is 247 g/mol. The summed E-state index contributed by atoms with van der Waals surface area (Å²) in [5, 5.41) is 0. The molecular formula is C14H17NO3. The summed E-state index contributed by atoms with van der Waals surface area (Å²) in [5.41, 5.74) is 1.39. The van der Waals surface area contributed by atoms with Crippen LogP contribution in [0, 0.1) is 0 Å². The van der Waals surface area contributed by atoms with Gasteiger partial charge in [0.1, 0.15) is 0 Å². The summed E-state index contributed by atoms with van der Waals surface area (Å²) in [7, 11) is 1.35. The van der Waals surface area contributed by atoms with E-state index in [-0.39, 0.29) is 18.3 Å². The summed E-state index contributed by atoms with van der Waals surface area (Å²) in [5.74, 6) is -0.266. The van der Waals surface area contributed by atoms with E-state index in [2.05, 4.69) is 4.74 Å². The van der Waals surface area contributed by atoms with Crippen LogP contribution in [0.3, 0.4) is 0 Å². The second-order valence-electron chi connectivity index (χ2n) is 4.93. The molecule has 0 aromatic heterocycles. The van der Waals surface area contributed by atoms with Gasteiger partial charge in [-0.15, -0.1) is 0 Å². The number of ether oxygens (including phenoxy) is 1. The lowest BCUT2D eigenvalue weighted by molar-refractivity contribution is -0.140. The predicted octanol–water partition coefficient (Wildman–Crippen LogP) is 1.87. The molecule has 0 bridgehead atoms. The molecule has 0 radical (unpaired) electrons. The molecule has 4 heteroatoms. The standard InChI is InChI=1S/C14H17NO3/c1-14(2)10-6-4-5-7-11(10)15(13(14)17)9-8-12(16)18-3/h4-7H,8-9H2,1-3H3. The number of rotatable bonds is 3. The Morgan fingerprint density at radius 1 is 1.33 bits per heavy atom. The Labute approximate surface area is 107 Å². The zero-order chi connectivity index (χ0) is 13.3. The third kappa shape index (κ3) is 1.88. The zero-order valence-corrected chi connectivity index (χ0v) is 10.9. The van der Waals surface area contributed by atoms with Gasteiger partial charge < -0.3 is 9.64 Å². The maximum absolute atomic E-state index is 12.4. The molecule has 1 amide bonds. The maximum Gasteiger partial charge on any atom is 0.307 e. The van der Waals surface area contributed by atoms with E-state index in [1.165, 1.54) is 7.11 Å². The van der Waals surface area contributed by atoms with Gasteiger partial charge >= 0.3 is 5.97 Å². The van der Waals surface area contributed by atoms with E-state index >= 15 is 0 Å². The minimum atomic E-state index is -0.521. The van der Waals surface area contributed by atoms with Crippen LogP contribution in [-0.2, 0) is 19.7 Å². The highest BCUT2D eigenvalue weighted by molar-refractivity contribution is 6.07. The smallest absolute Gasteiger partial charge is 0.307 e. The second kappa shape index (κ2) is 4.44. The number of carbonyl (C=O) groups is 2. The third-order valence-corrected chi connectivity index (χ3v) is 3.42. The molecule has 1 aromatic rings. The van der Waals surface area contributed by atoms with E-state index in [1.54, 1.807) is 4.90 Å². The van der Waals surface area contributed by atoms with E-state index in [1.807, 2.05) is 38.1 Å². The molecule has 0 saturated carbocycles. The first-order valence-electron chi connectivity index (χ1n) is 5.96. The Bertz CT molecular complexity index is 494. The van der Waals surface area contributed by atoms with Crippen LogP contribution in [0.4, 0.5) is 5.69 Å². The first-order valence-corrected chi connectivity index (χ1v) is 5.96. The van der Waals surface area contributed by atoms with Crippen LogP contribution in [0.25, 0.3) is 0 Å². The third-order valence-electron chi connectivity index (χ3n) is 3.42. The van der Waals surface area contributed by atoms with Crippen LogP contribution >= 0.6 is 0 Å². The number of nitrogens with zero attached hydrogens (tertiary/aromatic N) is 1. The quantitative estimate of drug-likeness (QED) is 0.766. The van der Waals surface area contributed by atoms with Gasteiger partial charge in [-0.2, -0.15) is 0 Å². The Kier molecular flexibility index (Phi) is 3.11. The Hall–Kier alpha value is -1.84. The molecule has 18 heavy (non-hydrogen) atoms. The molecule has 0 unspecified atom stereocenters. The van der Waals surface area contributed by atoms with Crippen molar-refractivity contribution in [1.29, 1.82) is 0 Å². The number of hydrogen-bond acceptors (Lipinski definition) is 3. The molecule has 1 aromatic carbocycles. The number of benzene rings is 1. The fourth-order valence-corrected chi connectivity index (χ4v) is 2.33. The van der Waals surface area contributed by atoms with E-state index in [9.17, 15) is 9.59 Å². The number of para-hydroxylation sites is 1. The molecule has 96 valence electrons. The molecule has 0 aliphatic carbocycles. The van der Waals surface area contributed by atoms with Crippen molar-refractivity contribution in [3.05, 3.63) is 29.8 Å². The van der Waals surface area contributed by atoms with Gasteiger partial charge in [0.15, 0.2) is 0 Å². The number of amides is 1. The number of fused-ring (bicyclic) bond motifs is 1. The topological polar surface area (TPSA) is 46.6 Å². The predicted molar refractivity (Wildman–Crippen MR) is 68.5 cm³/mol. The van der Waals surface area contributed by atoms with Crippen molar-refractivity contribution in [1.82, 2.24) is 0 Å². The second-order valence-corrected chi connectivity index (χ2v) is 4.93. The van der Waals surface area contributed by atoms with Gasteiger partial charge in [0.2, 0.25) is 5.91 Å². The lowest BCUT2D eigenvalue weighted by Crippen LogP contribution is -2.37. The SMILES string of the molecule is COC(=O)CCN1C(=O)C(C)(C)c2ccccc21. The fraction of sp³-hybridized carbons (Fsp3) is 0.429. The summed E-state index contributed by atoms with van der Waals surface area (Å²) in [6.45, 7) is 4.19. The number of anilines is 1. The van der Waals surface area contributed by atoms with Crippen LogP contribution in [-0.4, -0.2) is 25.5 Å². The number of esters is 1. The summed E-state index contributed by atoms with van der Waals surface area (Å²) in [4.78, 5) is 25.2. The zero-order valence-electron chi connectivity index (χ0n) is 10.9. The molecule has 0 saturated heterocycles. The first kappa shape index (κ1) is 12.6. The summed E-state index contributed by atoms with van der Waals surface area (Å²) < 4.78 is 4.61. The molecule has 0 fully saturated rings. The van der Waals surface area contributed by atoms with E-state index < -0.39 is 5.41 Å². The van der Waals surface area contributed by atoms with Crippen LogP contribution in [0.15, 0.2) is 24.3 Å². The van der Waals surface area contributed by atoms with Gasteiger partial charge in [0.25, 0.3) is 0 Å². The summed E-state index contributed by atoms with van der Waals surface area (Å²) in [6, 6.07) is 7.71. The Morgan fingerprint density at radius 3 is 2.67 bits per heavy atom. The largest absolute Gasteiger partial charge is 0.469 e. The fourth-order valence-electron chi connectivity index (χ4n) is 2.33. The Morgan fingerprint density at radius 2 is 2.00 bits per heavy atom. The molecular weight excluding hydrogens is 230 g/mol. The molecule has 4 nitrogen and oxygen atoms in total. The van der Waals surface area contributed by atoms with Crippen molar-refractivity contribution < 1.29 is 14.3 Å². The molecule has 1 heterocycles. The van der Waals surface area contributed by atoms with Crippen LogP contribution in [0.5, 0.6) is 0 Å². The van der Waals surface area contributed by atoms with Gasteiger partial charge in [-0.05, 0) is 25.5 Å². The van der Waals surface area contributed by atoms with Crippen LogP contribution < -0.4 is 4.90 Å². The van der Waals surface area contributed by atoms with Crippen molar-refractivity contribution in [2.75, 3.05) is 18.6 Å². The van der Waals surface area contributed by atoms with E-state index in [0.717, 1.165) is 11.3 Å². The maximum atomic E-state index is 12.4. The number of carbonyl (C=O) groups excluding carboxylic acids is 2. The summed E-state index contributed by atoms with van der Waals surface area (Å²) >= 11 is 0. The number of hydrogen-bond donors (Lipinski definition) is 0. The van der Waals surface area contributed by atoms with E-state index in [0.29, 0.717) is 6.54 Å². The molecule has 1 aliphatic rings. The lowest BCUT2D eigenvalue weighted by atomic mass is 9.86. The minimum absolute atomic E-state index is 0.0348. The van der Waals surface area contributed by atoms with Gasteiger partial charge in [0.05, 0.1) is 18.9 Å². The molecule has 1 aliphatic heterocycles. The summed E-state index contributed by atoms with van der Waals surface area (Å²) in [6.07, 6.45) is 0.215.